The van der Waals surface area contributed by atoms with Gasteiger partial charge < -0.3 is 14.8 Å². The number of ether oxygens (including phenoxy) is 2. The number of benzene rings is 2. The van der Waals surface area contributed by atoms with Crippen LogP contribution < -0.4 is 10.1 Å². The molecule has 0 spiro atoms. The van der Waals surface area contributed by atoms with Crippen LogP contribution in [0.5, 0.6) is 5.75 Å². The minimum absolute atomic E-state index is 0.416. The lowest BCUT2D eigenvalue weighted by atomic mass is 10.2. The summed E-state index contributed by atoms with van der Waals surface area (Å²) in [6.07, 6.45) is -0.954. The number of halogens is 1. The normalized spacial score (nSPS) is 12.8. The number of thioether (sulfide) groups is 1. The lowest BCUT2D eigenvalue weighted by Crippen LogP contribution is -2.32. The standard InChI is InChI=1S/C19H20ClNO4S/c1-12(18(22)21-16-11-14(20)9-10-17(16)24-3)25-19(23)13(2)26-15-7-5-4-6-8-15/h4-13H,1-3H3,(H,21,22)/t12-,13+/m0/s1. The monoisotopic (exact) mass is 393 g/mol. The molecule has 0 unspecified atom stereocenters. The molecular formula is C19H20ClNO4S. The highest BCUT2D eigenvalue weighted by Gasteiger charge is 2.23. The van der Waals surface area contributed by atoms with Crippen LogP contribution in [0.1, 0.15) is 13.8 Å². The number of nitrogens with one attached hydrogen (secondary N) is 1. The maximum absolute atomic E-state index is 12.3. The van der Waals surface area contributed by atoms with Crippen LogP contribution in [0.25, 0.3) is 0 Å². The van der Waals surface area contributed by atoms with Gasteiger partial charge in [-0.05, 0) is 44.2 Å². The van der Waals surface area contributed by atoms with Gasteiger partial charge in [-0.3, -0.25) is 9.59 Å². The molecule has 0 heterocycles. The molecule has 2 rings (SSSR count). The Bertz CT molecular complexity index is 769. The van der Waals surface area contributed by atoms with Gasteiger partial charge in [-0.1, -0.05) is 29.8 Å². The van der Waals surface area contributed by atoms with Gasteiger partial charge >= 0.3 is 5.97 Å². The fraction of sp³-hybridized carbons (Fsp3) is 0.263. The Kier molecular flexibility index (Phi) is 7.36. The van der Waals surface area contributed by atoms with Crippen molar-refractivity contribution in [3.8, 4) is 5.75 Å². The minimum atomic E-state index is -0.954. The molecule has 0 fully saturated rings. The van der Waals surface area contributed by atoms with Gasteiger partial charge in [-0.15, -0.1) is 11.8 Å². The highest BCUT2D eigenvalue weighted by atomic mass is 35.5. The Morgan fingerprint density at radius 2 is 1.81 bits per heavy atom. The van der Waals surface area contributed by atoms with Crippen molar-refractivity contribution < 1.29 is 19.1 Å². The van der Waals surface area contributed by atoms with E-state index in [-0.39, 0.29) is 0 Å². The Labute approximate surface area is 162 Å². The first-order chi connectivity index (χ1) is 12.4. The molecule has 138 valence electrons. The highest BCUT2D eigenvalue weighted by Crippen LogP contribution is 2.28. The molecule has 0 saturated heterocycles. The maximum Gasteiger partial charge on any atom is 0.319 e. The number of carbonyl (C=O) groups is 2. The zero-order valence-corrected chi connectivity index (χ0v) is 16.3. The van der Waals surface area contributed by atoms with E-state index in [2.05, 4.69) is 5.32 Å². The minimum Gasteiger partial charge on any atom is -0.495 e. The molecule has 0 aliphatic heterocycles. The topological polar surface area (TPSA) is 64.6 Å². The molecule has 0 saturated carbocycles. The molecule has 1 N–H and O–H groups in total. The van der Waals surface area contributed by atoms with Gasteiger partial charge in [0.25, 0.3) is 5.91 Å². The molecule has 26 heavy (non-hydrogen) atoms. The van der Waals surface area contributed by atoms with E-state index in [0.29, 0.717) is 16.5 Å². The highest BCUT2D eigenvalue weighted by molar-refractivity contribution is 8.00. The van der Waals surface area contributed by atoms with Crippen LogP contribution in [-0.2, 0) is 14.3 Å². The van der Waals surface area contributed by atoms with E-state index in [1.807, 2.05) is 30.3 Å². The van der Waals surface area contributed by atoms with Crippen LogP contribution in [0.4, 0.5) is 5.69 Å². The third-order valence-electron chi connectivity index (χ3n) is 3.47. The van der Waals surface area contributed by atoms with E-state index < -0.39 is 23.2 Å². The Morgan fingerprint density at radius 3 is 2.46 bits per heavy atom. The molecule has 0 aliphatic rings. The van der Waals surface area contributed by atoms with Gasteiger partial charge in [-0.2, -0.15) is 0 Å². The maximum atomic E-state index is 12.3. The molecular weight excluding hydrogens is 374 g/mol. The van der Waals surface area contributed by atoms with Crippen molar-refractivity contribution in [2.24, 2.45) is 0 Å². The van der Waals surface area contributed by atoms with Crippen LogP contribution >= 0.6 is 23.4 Å². The van der Waals surface area contributed by atoms with Gasteiger partial charge in [0.05, 0.1) is 12.8 Å². The summed E-state index contributed by atoms with van der Waals surface area (Å²) in [5.74, 6) is -0.454. The van der Waals surface area contributed by atoms with Crippen molar-refractivity contribution in [2.75, 3.05) is 12.4 Å². The Morgan fingerprint density at radius 1 is 1.12 bits per heavy atom. The number of esters is 1. The second-order valence-electron chi connectivity index (χ2n) is 5.49. The number of amides is 1. The third-order valence-corrected chi connectivity index (χ3v) is 4.79. The van der Waals surface area contributed by atoms with Crippen LogP contribution in [0.3, 0.4) is 0 Å². The third kappa shape index (κ3) is 5.68. The summed E-state index contributed by atoms with van der Waals surface area (Å²) in [6, 6.07) is 14.4. The predicted octanol–water partition coefficient (Wildman–Crippen LogP) is 4.40. The number of hydrogen-bond acceptors (Lipinski definition) is 5. The number of rotatable bonds is 7. The average molecular weight is 394 g/mol. The van der Waals surface area contributed by atoms with Gasteiger partial charge in [-0.25, -0.2) is 0 Å². The first-order valence-corrected chi connectivity index (χ1v) is 9.23. The molecule has 2 aromatic rings. The lowest BCUT2D eigenvalue weighted by Gasteiger charge is -2.17. The first kappa shape index (κ1) is 20.1. The second-order valence-corrected chi connectivity index (χ2v) is 7.34. The summed E-state index contributed by atoms with van der Waals surface area (Å²) in [6.45, 7) is 3.26. The Hall–Kier alpha value is -2.18. The van der Waals surface area contributed by atoms with Crippen molar-refractivity contribution in [1.29, 1.82) is 0 Å². The molecule has 1 amide bonds. The van der Waals surface area contributed by atoms with Gasteiger partial charge in [0.2, 0.25) is 0 Å². The summed E-state index contributed by atoms with van der Waals surface area (Å²) < 4.78 is 10.5. The molecule has 0 bridgehead atoms. The number of hydrogen-bond donors (Lipinski definition) is 1. The van der Waals surface area contributed by atoms with Crippen molar-refractivity contribution in [1.82, 2.24) is 0 Å². The molecule has 2 atom stereocenters. The summed E-state index contributed by atoms with van der Waals surface area (Å²) in [5, 5.41) is 2.68. The molecule has 2 aromatic carbocycles. The zero-order valence-electron chi connectivity index (χ0n) is 14.7. The quantitative estimate of drug-likeness (QED) is 0.558. The van der Waals surface area contributed by atoms with Crippen molar-refractivity contribution >= 4 is 40.9 Å². The number of carbonyl (C=O) groups excluding carboxylic acids is 2. The second kappa shape index (κ2) is 9.50. The average Bonchev–Trinajstić information content (AvgIpc) is 2.62. The summed E-state index contributed by atoms with van der Waals surface area (Å²) in [5.41, 5.74) is 0.416. The smallest absolute Gasteiger partial charge is 0.319 e. The van der Waals surface area contributed by atoms with Crippen LogP contribution in [-0.4, -0.2) is 30.3 Å². The van der Waals surface area contributed by atoms with E-state index in [1.54, 1.807) is 25.1 Å². The van der Waals surface area contributed by atoms with Crippen LogP contribution in [0, 0.1) is 0 Å². The molecule has 0 radical (unpaired) electrons. The number of methoxy groups -OCH3 is 1. The van der Waals surface area contributed by atoms with Crippen molar-refractivity contribution in [3.05, 3.63) is 53.6 Å². The van der Waals surface area contributed by atoms with Gasteiger partial charge in [0, 0.05) is 9.92 Å². The Balaban J connectivity index is 1.94. The largest absolute Gasteiger partial charge is 0.495 e. The SMILES string of the molecule is COc1ccc(Cl)cc1NC(=O)[C@H](C)OC(=O)[C@@H](C)Sc1ccccc1. The molecule has 0 aromatic heterocycles. The van der Waals surface area contributed by atoms with Crippen molar-refractivity contribution in [3.63, 3.8) is 0 Å². The van der Waals surface area contributed by atoms with E-state index in [4.69, 9.17) is 21.1 Å². The molecule has 0 aliphatic carbocycles. The summed E-state index contributed by atoms with van der Waals surface area (Å²) in [7, 11) is 1.49. The molecule has 7 heteroatoms. The first-order valence-electron chi connectivity index (χ1n) is 7.97. The fourth-order valence-electron chi connectivity index (χ4n) is 2.09. The van der Waals surface area contributed by atoms with E-state index >= 15 is 0 Å². The number of anilines is 1. The summed E-state index contributed by atoms with van der Waals surface area (Å²) >= 11 is 7.32. The van der Waals surface area contributed by atoms with Gasteiger partial charge in [0.1, 0.15) is 11.0 Å². The van der Waals surface area contributed by atoms with E-state index in [0.717, 1.165) is 4.90 Å². The summed E-state index contributed by atoms with van der Waals surface area (Å²) in [4.78, 5) is 25.5. The van der Waals surface area contributed by atoms with E-state index in [9.17, 15) is 9.59 Å². The zero-order chi connectivity index (χ0) is 19.1. The van der Waals surface area contributed by atoms with Gasteiger partial charge in [0.15, 0.2) is 6.10 Å². The predicted molar refractivity (Wildman–Crippen MR) is 104 cm³/mol. The van der Waals surface area contributed by atoms with Crippen LogP contribution in [0.2, 0.25) is 5.02 Å². The lowest BCUT2D eigenvalue weighted by molar-refractivity contribution is -0.152. The fourth-order valence-corrected chi connectivity index (χ4v) is 3.13. The molecule has 5 nitrogen and oxygen atoms in total. The van der Waals surface area contributed by atoms with Crippen molar-refractivity contribution in [2.45, 2.75) is 30.1 Å². The van der Waals surface area contributed by atoms with Crippen LogP contribution in [0.15, 0.2) is 53.4 Å². The van der Waals surface area contributed by atoms with E-state index in [1.165, 1.54) is 25.8 Å².